The maximum absolute atomic E-state index is 4.46. The summed E-state index contributed by atoms with van der Waals surface area (Å²) in [6, 6.07) is 0. The van der Waals surface area contributed by atoms with Crippen LogP contribution in [0.2, 0.25) is 0 Å². The molecular weight excluding hydrogens is 186 g/mol. The average Bonchev–Trinajstić information content (AvgIpc) is 2.67. The maximum atomic E-state index is 4.46. The lowest BCUT2D eigenvalue weighted by molar-refractivity contribution is 0.545. The number of hydrogen-bond donors (Lipinski definition) is 0. The lowest BCUT2D eigenvalue weighted by Gasteiger charge is -1.98. The van der Waals surface area contributed by atoms with Gasteiger partial charge in [-0.2, -0.15) is 5.10 Å². The van der Waals surface area contributed by atoms with E-state index in [1.165, 1.54) is 38.5 Å². The number of aryl methyl sites for hydroxylation is 2. The van der Waals surface area contributed by atoms with E-state index in [0.717, 1.165) is 18.8 Å². The lowest BCUT2D eigenvalue weighted by atomic mass is 10.2. The third kappa shape index (κ3) is 4.96. The van der Waals surface area contributed by atoms with Gasteiger partial charge in [0.2, 0.25) is 0 Å². The van der Waals surface area contributed by atoms with Crippen molar-refractivity contribution in [2.24, 2.45) is 0 Å². The fourth-order valence-electron chi connectivity index (χ4n) is 1.61. The standard InChI is InChI=1S/C12H23N3/c1-3-5-7-9-12-13-11-15(14-12)10-8-6-4-2/h11H,3-10H2,1-2H3. The predicted octanol–water partition coefficient (Wildman–Crippen LogP) is 3.20. The van der Waals surface area contributed by atoms with Crippen LogP contribution in [0, 0.1) is 0 Å². The van der Waals surface area contributed by atoms with Crippen molar-refractivity contribution < 1.29 is 0 Å². The predicted molar refractivity (Wildman–Crippen MR) is 62.8 cm³/mol. The fourth-order valence-corrected chi connectivity index (χ4v) is 1.61. The highest BCUT2D eigenvalue weighted by atomic mass is 15.3. The van der Waals surface area contributed by atoms with Gasteiger partial charge in [0.25, 0.3) is 0 Å². The van der Waals surface area contributed by atoms with Crippen molar-refractivity contribution in [1.82, 2.24) is 14.8 Å². The van der Waals surface area contributed by atoms with Crippen molar-refractivity contribution in [1.29, 1.82) is 0 Å². The van der Waals surface area contributed by atoms with Crippen LogP contribution in [0.15, 0.2) is 6.33 Å². The minimum absolute atomic E-state index is 1.01. The molecule has 0 radical (unpaired) electrons. The summed E-state index contributed by atoms with van der Waals surface area (Å²) in [6.07, 6.45) is 10.4. The number of aromatic nitrogens is 3. The second-order valence-corrected chi connectivity index (χ2v) is 4.09. The van der Waals surface area contributed by atoms with Gasteiger partial charge in [-0.05, 0) is 12.8 Å². The summed E-state index contributed by atoms with van der Waals surface area (Å²) in [4.78, 5) is 4.32. The van der Waals surface area contributed by atoms with Gasteiger partial charge in [-0.15, -0.1) is 0 Å². The highest BCUT2D eigenvalue weighted by Gasteiger charge is 1.99. The molecule has 0 spiro atoms. The Labute approximate surface area is 92.9 Å². The van der Waals surface area contributed by atoms with Crippen molar-refractivity contribution in [3.05, 3.63) is 12.2 Å². The quantitative estimate of drug-likeness (QED) is 0.615. The number of unbranched alkanes of at least 4 members (excludes halogenated alkanes) is 4. The first-order valence-corrected chi connectivity index (χ1v) is 6.25. The van der Waals surface area contributed by atoms with Crippen LogP contribution >= 0.6 is 0 Å². The van der Waals surface area contributed by atoms with E-state index >= 15 is 0 Å². The van der Waals surface area contributed by atoms with Crippen molar-refractivity contribution in [3.8, 4) is 0 Å². The fraction of sp³-hybridized carbons (Fsp3) is 0.833. The molecule has 0 fully saturated rings. The van der Waals surface area contributed by atoms with Gasteiger partial charge in [-0.3, -0.25) is 4.68 Å². The van der Waals surface area contributed by atoms with E-state index in [0.29, 0.717) is 0 Å². The molecule has 0 saturated carbocycles. The first kappa shape index (κ1) is 12.2. The van der Waals surface area contributed by atoms with Gasteiger partial charge in [0, 0.05) is 13.0 Å². The third-order valence-corrected chi connectivity index (χ3v) is 2.58. The zero-order valence-electron chi connectivity index (χ0n) is 10.1. The third-order valence-electron chi connectivity index (χ3n) is 2.58. The summed E-state index contributed by atoms with van der Waals surface area (Å²) >= 11 is 0. The van der Waals surface area contributed by atoms with Crippen LogP contribution in [0.4, 0.5) is 0 Å². The molecule has 3 nitrogen and oxygen atoms in total. The molecule has 15 heavy (non-hydrogen) atoms. The molecule has 1 rings (SSSR count). The highest BCUT2D eigenvalue weighted by molar-refractivity contribution is 4.81. The lowest BCUT2D eigenvalue weighted by Crippen LogP contribution is -1.99. The van der Waals surface area contributed by atoms with Gasteiger partial charge in [-0.25, -0.2) is 4.98 Å². The zero-order chi connectivity index (χ0) is 10.9. The van der Waals surface area contributed by atoms with Crippen LogP contribution in [-0.4, -0.2) is 14.8 Å². The highest BCUT2D eigenvalue weighted by Crippen LogP contribution is 2.02. The number of hydrogen-bond acceptors (Lipinski definition) is 2. The summed E-state index contributed by atoms with van der Waals surface area (Å²) in [7, 11) is 0. The Morgan fingerprint density at radius 3 is 2.53 bits per heavy atom. The molecule has 0 amide bonds. The number of nitrogens with zero attached hydrogens (tertiary/aromatic N) is 3. The molecule has 0 unspecified atom stereocenters. The largest absolute Gasteiger partial charge is 0.253 e. The monoisotopic (exact) mass is 209 g/mol. The van der Waals surface area contributed by atoms with Crippen LogP contribution in [0.25, 0.3) is 0 Å². The minimum Gasteiger partial charge on any atom is -0.253 e. The molecule has 0 aromatic carbocycles. The van der Waals surface area contributed by atoms with Crippen LogP contribution in [0.5, 0.6) is 0 Å². The van der Waals surface area contributed by atoms with E-state index in [-0.39, 0.29) is 0 Å². The summed E-state index contributed by atoms with van der Waals surface area (Å²) in [5, 5.41) is 4.46. The Kier molecular flexibility index (Phi) is 6.05. The summed E-state index contributed by atoms with van der Waals surface area (Å²) in [5.74, 6) is 1.01. The summed E-state index contributed by atoms with van der Waals surface area (Å²) in [6.45, 7) is 5.46. The van der Waals surface area contributed by atoms with Crippen molar-refractivity contribution in [3.63, 3.8) is 0 Å². The first-order chi connectivity index (χ1) is 7.36. The van der Waals surface area contributed by atoms with E-state index in [1.54, 1.807) is 0 Å². The van der Waals surface area contributed by atoms with Crippen molar-refractivity contribution in [2.45, 2.75) is 65.3 Å². The molecular formula is C12H23N3. The smallest absolute Gasteiger partial charge is 0.150 e. The molecule has 1 heterocycles. The molecule has 0 aliphatic rings. The Morgan fingerprint density at radius 2 is 1.80 bits per heavy atom. The molecule has 86 valence electrons. The van der Waals surface area contributed by atoms with Gasteiger partial charge >= 0.3 is 0 Å². The average molecular weight is 209 g/mol. The van der Waals surface area contributed by atoms with E-state index in [4.69, 9.17) is 0 Å². The first-order valence-electron chi connectivity index (χ1n) is 6.25. The molecule has 0 atom stereocenters. The SMILES string of the molecule is CCCCCc1ncn(CCCCC)n1. The maximum Gasteiger partial charge on any atom is 0.150 e. The van der Waals surface area contributed by atoms with Crippen molar-refractivity contribution in [2.75, 3.05) is 0 Å². The molecule has 0 saturated heterocycles. The van der Waals surface area contributed by atoms with Gasteiger partial charge in [0.1, 0.15) is 6.33 Å². The van der Waals surface area contributed by atoms with E-state index < -0.39 is 0 Å². The summed E-state index contributed by atoms with van der Waals surface area (Å²) < 4.78 is 1.98. The second kappa shape index (κ2) is 7.43. The van der Waals surface area contributed by atoms with Crippen LogP contribution in [-0.2, 0) is 13.0 Å². The molecule has 0 aliphatic heterocycles. The topological polar surface area (TPSA) is 30.7 Å². The zero-order valence-corrected chi connectivity index (χ0v) is 10.1. The second-order valence-electron chi connectivity index (χ2n) is 4.09. The van der Waals surface area contributed by atoms with Gasteiger partial charge in [0.05, 0.1) is 0 Å². The summed E-state index contributed by atoms with van der Waals surface area (Å²) in [5.41, 5.74) is 0. The molecule has 0 N–H and O–H groups in total. The van der Waals surface area contributed by atoms with Gasteiger partial charge in [0.15, 0.2) is 5.82 Å². The molecule has 3 heteroatoms. The Morgan fingerprint density at radius 1 is 1.07 bits per heavy atom. The Hall–Kier alpha value is -0.860. The van der Waals surface area contributed by atoms with Crippen LogP contribution < -0.4 is 0 Å². The van der Waals surface area contributed by atoms with E-state index in [1.807, 2.05) is 11.0 Å². The van der Waals surface area contributed by atoms with Crippen molar-refractivity contribution >= 4 is 0 Å². The number of rotatable bonds is 8. The minimum atomic E-state index is 1.01. The molecule has 1 aromatic heterocycles. The van der Waals surface area contributed by atoms with Gasteiger partial charge in [-0.1, -0.05) is 39.5 Å². The molecule has 1 aromatic rings. The Balaban J connectivity index is 2.23. The van der Waals surface area contributed by atoms with Crippen LogP contribution in [0.1, 0.15) is 58.2 Å². The molecule has 0 aliphatic carbocycles. The molecule has 0 bridgehead atoms. The Bertz CT molecular complexity index is 231. The van der Waals surface area contributed by atoms with E-state index in [9.17, 15) is 0 Å². The van der Waals surface area contributed by atoms with E-state index in [2.05, 4.69) is 23.9 Å². The normalized spacial score (nSPS) is 10.8. The van der Waals surface area contributed by atoms with Gasteiger partial charge < -0.3 is 0 Å². The van der Waals surface area contributed by atoms with Crippen LogP contribution in [0.3, 0.4) is 0 Å².